The fraction of sp³-hybridized carbons (Fsp3) is 0.429. The van der Waals surface area contributed by atoms with E-state index >= 15 is 0 Å². The third-order valence-electron chi connectivity index (χ3n) is 5.51. The van der Waals surface area contributed by atoms with Gasteiger partial charge >= 0.3 is 0 Å². The summed E-state index contributed by atoms with van der Waals surface area (Å²) in [5.41, 5.74) is 1.11. The van der Waals surface area contributed by atoms with Crippen LogP contribution in [0.3, 0.4) is 0 Å². The van der Waals surface area contributed by atoms with Gasteiger partial charge in [0.05, 0.1) is 12.3 Å². The van der Waals surface area contributed by atoms with Crippen LogP contribution in [0.4, 0.5) is 0 Å². The van der Waals surface area contributed by atoms with E-state index in [4.69, 9.17) is 16.0 Å². The molecule has 5 nitrogen and oxygen atoms in total. The van der Waals surface area contributed by atoms with E-state index in [9.17, 15) is 9.59 Å². The lowest BCUT2D eigenvalue weighted by atomic mass is 9.94. The van der Waals surface area contributed by atoms with Crippen molar-refractivity contribution in [1.29, 1.82) is 0 Å². The van der Waals surface area contributed by atoms with Crippen molar-refractivity contribution < 1.29 is 14.0 Å². The minimum atomic E-state index is -0.101. The van der Waals surface area contributed by atoms with Gasteiger partial charge in [0.2, 0.25) is 5.91 Å². The lowest BCUT2D eigenvalue weighted by Crippen LogP contribution is -2.44. The van der Waals surface area contributed by atoms with Gasteiger partial charge in [0.25, 0.3) is 5.91 Å². The third-order valence-corrected chi connectivity index (χ3v) is 5.76. The van der Waals surface area contributed by atoms with Crippen molar-refractivity contribution in [3.8, 4) is 0 Å². The SMILES string of the molecule is O=C(NC(c1ccc(Cl)cc1)C1CC1)C1CCN(C(=O)c2ccco2)CC1. The number of piperidine rings is 1. The van der Waals surface area contributed by atoms with Crippen LogP contribution in [0.5, 0.6) is 0 Å². The van der Waals surface area contributed by atoms with Crippen LogP contribution in [0, 0.1) is 11.8 Å². The molecule has 2 aromatic rings. The first kappa shape index (κ1) is 18.1. The van der Waals surface area contributed by atoms with Crippen LogP contribution in [0.1, 0.15) is 47.8 Å². The van der Waals surface area contributed by atoms with Gasteiger partial charge in [-0.3, -0.25) is 9.59 Å². The maximum absolute atomic E-state index is 12.8. The van der Waals surface area contributed by atoms with Crippen LogP contribution in [0.15, 0.2) is 47.1 Å². The summed E-state index contributed by atoms with van der Waals surface area (Å²) in [6, 6.07) is 11.2. The molecule has 1 N–H and O–H groups in total. The average Bonchev–Trinajstić information content (AvgIpc) is 3.39. The van der Waals surface area contributed by atoms with Crippen LogP contribution < -0.4 is 5.32 Å². The van der Waals surface area contributed by atoms with Gasteiger partial charge in [0.1, 0.15) is 0 Å². The number of hydrogen-bond donors (Lipinski definition) is 1. The molecule has 2 fully saturated rings. The van der Waals surface area contributed by atoms with Crippen molar-refractivity contribution >= 4 is 23.4 Å². The lowest BCUT2D eigenvalue weighted by Gasteiger charge is -2.32. The Labute approximate surface area is 163 Å². The Balaban J connectivity index is 1.34. The third kappa shape index (κ3) is 4.19. The highest BCUT2D eigenvalue weighted by Gasteiger charge is 2.36. The maximum Gasteiger partial charge on any atom is 0.289 e. The minimum Gasteiger partial charge on any atom is -0.459 e. The van der Waals surface area contributed by atoms with Crippen molar-refractivity contribution in [3.63, 3.8) is 0 Å². The second-order valence-electron chi connectivity index (χ2n) is 7.42. The maximum atomic E-state index is 12.8. The largest absolute Gasteiger partial charge is 0.459 e. The fourth-order valence-corrected chi connectivity index (χ4v) is 3.87. The summed E-state index contributed by atoms with van der Waals surface area (Å²) < 4.78 is 5.19. The Kier molecular flexibility index (Phi) is 5.21. The van der Waals surface area contributed by atoms with Gasteiger partial charge in [-0.1, -0.05) is 23.7 Å². The zero-order valence-corrected chi connectivity index (χ0v) is 15.8. The van der Waals surface area contributed by atoms with E-state index in [2.05, 4.69) is 5.32 Å². The average molecular weight is 387 g/mol. The lowest BCUT2D eigenvalue weighted by molar-refractivity contribution is -0.127. The molecule has 2 aliphatic rings. The number of carbonyl (C=O) groups is 2. The summed E-state index contributed by atoms with van der Waals surface area (Å²) in [6.07, 6.45) is 5.14. The van der Waals surface area contributed by atoms with Crippen molar-refractivity contribution in [2.75, 3.05) is 13.1 Å². The molecule has 142 valence electrons. The molecule has 1 saturated heterocycles. The number of rotatable bonds is 5. The molecule has 1 aliphatic heterocycles. The zero-order valence-electron chi connectivity index (χ0n) is 15.1. The monoisotopic (exact) mass is 386 g/mol. The molecule has 0 bridgehead atoms. The first-order valence-electron chi connectivity index (χ1n) is 9.50. The van der Waals surface area contributed by atoms with E-state index in [0.717, 1.165) is 18.4 Å². The Morgan fingerprint density at radius 2 is 1.78 bits per heavy atom. The summed E-state index contributed by atoms with van der Waals surface area (Å²) in [5.74, 6) is 0.798. The fourth-order valence-electron chi connectivity index (χ4n) is 3.74. The Bertz CT molecular complexity index is 791. The summed E-state index contributed by atoms with van der Waals surface area (Å²) in [7, 11) is 0. The number of hydrogen-bond acceptors (Lipinski definition) is 3. The number of benzene rings is 1. The smallest absolute Gasteiger partial charge is 0.289 e. The predicted octanol–water partition coefficient (Wildman–Crippen LogP) is 4.05. The second-order valence-corrected chi connectivity index (χ2v) is 7.86. The summed E-state index contributed by atoms with van der Waals surface area (Å²) in [4.78, 5) is 26.9. The van der Waals surface area contributed by atoms with Crippen LogP contribution in [-0.4, -0.2) is 29.8 Å². The first-order chi connectivity index (χ1) is 13.1. The molecule has 1 aliphatic carbocycles. The van der Waals surface area contributed by atoms with Crippen LogP contribution in [0.2, 0.25) is 5.02 Å². The quantitative estimate of drug-likeness (QED) is 0.843. The van der Waals surface area contributed by atoms with Gasteiger partial charge in [-0.05, 0) is 61.4 Å². The molecule has 27 heavy (non-hydrogen) atoms. The van der Waals surface area contributed by atoms with Gasteiger partial charge in [-0.2, -0.15) is 0 Å². The van der Waals surface area contributed by atoms with Gasteiger partial charge in [0, 0.05) is 24.0 Å². The second kappa shape index (κ2) is 7.77. The Morgan fingerprint density at radius 3 is 2.37 bits per heavy atom. The highest BCUT2D eigenvalue weighted by molar-refractivity contribution is 6.30. The van der Waals surface area contributed by atoms with Crippen molar-refractivity contribution in [1.82, 2.24) is 10.2 Å². The molecule has 1 aromatic carbocycles. The number of halogens is 1. The highest BCUT2D eigenvalue weighted by atomic mass is 35.5. The van der Waals surface area contributed by atoms with Gasteiger partial charge in [-0.15, -0.1) is 0 Å². The summed E-state index contributed by atoms with van der Waals surface area (Å²) in [6.45, 7) is 1.15. The number of nitrogens with zero attached hydrogens (tertiary/aromatic N) is 1. The molecule has 2 heterocycles. The van der Waals surface area contributed by atoms with E-state index in [0.29, 0.717) is 42.6 Å². The molecule has 0 spiro atoms. The molecule has 4 rings (SSSR count). The number of amides is 2. The van der Waals surface area contributed by atoms with E-state index in [-0.39, 0.29) is 23.8 Å². The number of furan rings is 1. The van der Waals surface area contributed by atoms with Crippen molar-refractivity contribution in [2.24, 2.45) is 11.8 Å². The molecule has 1 aromatic heterocycles. The zero-order chi connectivity index (χ0) is 18.8. The van der Waals surface area contributed by atoms with Gasteiger partial charge in [-0.25, -0.2) is 0 Å². The van der Waals surface area contributed by atoms with E-state index in [1.165, 1.54) is 6.26 Å². The molecule has 1 saturated carbocycles. The molecular formula is C21H23ClN2O3. The minimum absolute atomic E-state index is 0.0533. The van der Waals surface area contributed by atoms with E-state index < -0.39 is 0 Å². The molecule has 0 radical (unpaired) electrons. The molecule has 1 atom stereocenters. The van der Waals surface area contributed by atoms with Gasteiger partial charge in [0.15, 0.2) is 5.76 Å². The van der Waals surface area contributed by atoms with Crippen molar-refractivity contribution in [2.45, 2.75) is 31.7 Å². The summed E-state index contributed by atoms with van der Waals surface area (Å²) >= 11 is 5.99. The molecule has 1 unspecified atom stereocenters. The number of likely N-dealkylation sites (tertiary alicyclic amines) is 1. The normalized spacial score (nSPS) is 18.9. The van der Waals surface area contributed by atoms with E-state index in [1.54, 1.807) is 17.0 Å². The standard InChI is InChI=1S/C21H23ClN2O3/c22-17-7-5-15(6-8-17)19(14-3-4-14)23-20(25)16-9-11-24(12-10-16)21(26)18-2-1-13-27-18/h1-2,5-8,13-14,16,19H,3-4,9-12H2,(H,23,25). The first-order valence-corrected chi connectivity index (χ1v) is 9.88. The van der Waals surface area contributed by atoms with Crippen molar-refractivity contribution in [3.05, 3.63) is 59.0 Å². The molecule has 2 amide bonds. The van der Waals surface area contributed by atoms with Crippen LogP contribution in [0.25, 0.3) is 0 Å². The predicted molar refractivity (Wildman–Crippen MR) is 102 cm³/mol. The Hall–Kier alpha value is -2.27. The Morgan fingerprint density at radius 1 is 1.07 bits per heavy atom. The molecule has 6 heteroatoms. The highest BCUT2D eigenvalue weighted by Crippen LogP contribution is 2.41. The molecular weight excluding hydrogens is 364 g/mol. The number of carbonyl (C=O) groups excluding carboxylic acids is 2. The summed E-state index contributed by atoms with van der Waals surface area (Å²) in [5, 5.41) is 3.95. The number of nitrogens with one attached hydrogen (secondary N) is 1. The topological polar surface area (TPSA) is 62.6 Å². The van der Waals surface area contributed by atoms with Crippen LogP contribution >= 0.6 is 11.6 Å². The van der Waals surface area contributed by atoms with Gasteiger partial charge < -0.3 is 14.6 Å². The van der Waals surface area contributed by atoms with E-state index in [1.807, 2.05) is 24.3 Å². The van der Waals surface area contributed by atoms with Crippen LogP contribution in [-0.2, 0) is 4.79 Å².